The number of ether oxygens (including phenoxy) is 1. The second-order valence-electron chi connectivity index (χ2n) is 7.66. The molecule has 0 spiro atoms. The van der Waals surface area contributed by atoms with Crippen LogP contribution in [0.4, 0.5) is 13.2 Å². The predicted octanol–water partition coefficient (Wildman–Crippen LogP) is 4.39. The number of hydrogen-bond acceptors (Lipinski definition) is 3. The predicted molar refractivity (Wildman–Crippen MR) is 101 cm³/mol. The van der Waals surface area contributed by atoms with Crippen molar-refractivity contribution in [3.8, 4) is 0 Å². The van der Waals surface area contributed by atoms with Crippen LogP contribution in [0.2, 0.25) is 0 Å². The van der Waals surface area contributed by atoms with E-state index in [1.807, 2.05) is 4.90 Å². The second kappa shape index (κ2) is 8.14. The fraction of sp³-hybridized carbons (Fsp3) is 0.455. The van der Waals surface area contributed by atoms with Gasteiger partial charge in [-0.15, -0.1) is 0 Å². The van der Waals surface area contributed by atoms with Crippen LogP contribution in [0, 0.1) is 5.92 Å². The Labute approximate surface area is 167 Å². The van der Waals surface area contributed by atoms with Crippen molar-refractivity contribution >= 4 is 5.91 Å². The van der Waals surface area contributed by atoms with Gasteiger partial charge in [0.2, 0.25) is 5.91 Å². The van der Waals surface area contributed by atoms with Crippen LogP contribution in [-0.2, 0) is 22.1 Å². The van der Waals surface area contributed by atoms with Crippen molar-refractivity contribution in [2.45, 2.75) is 38.0 Å². The number of aromatic nitrogens is 1. The first-order valence-corrected chi connectivity index (χ1v) is 9.93. The first kappa shape index (κ1) is 19.9. The zero-order valence-electron chi connectivity index (χ0n) is 16.0. The van der Waals surface area contributed by atoms with Gasteiger partial charge in [0.1, 0.15) is 6.10 Å². The van der Waals surface area contributed by atoms with Crippen molar-refractivity contribution < 1.29 is 22.7 Å². The number of hydrogen-bond donors (Lipinski definition) is 0. The maximum absolute atomic E-state index is 13.3. The molecule has 0 radical (unpaired) electrons. The van der Waals surface area contributed by atoms with Crippen molar-refractivity contribution in [1.82, 2.24) is 9.88 Å². The molecule has 1 saturated heterocycles. The number of alkyl halides is 3. The molecule has 0 unspecified atom stereocenters. The Hall–Kier alpha value is -2.41. The van der Waals surface area contributed by atoms with Gasteiger partial charge in [0.15, 0.2) is 0 Å². The summed E-state index contributed by atoms with van der Waals surface area (Å²) in [6.07, 6.45) is -1.66. The molecule has 1 amide bonds. The largest absolute Gasteiger partial charge is 0.416 e. The molecule has 29 heavy (non-hydrogen) atoms. The minimum Gasteiger partial charge on any atom is -0.368 e. The van der Waals surface area contributed by atoms with Crippen LogP contribution in [0.15, 0.2) is 42.5 Å². The van der Waals surface area contributed by atoms with E-state index < -0.39 is 11.7 Å². The number of benzene rings is 1. The van der Waals surface area contributed by atoms with Crippen molar-refractivity contribution in [3.05, 3.63) is 65.0 Å². The summed E-state index contributed by atoms with van der Waals surface area (Å²) in [6, 6.07) is 10.9. The third-order valence-electron chi connectivity index (χ3n) is 5.69. The number of halogens is 3. The molecule has 4 rings (SSSR count). The maximum atomic E-state index is 13.3. The maximum Gasteiger partial charge on any atom is 0.416 e. The molecule has 154 valence electrons. The molecule has 1 aliphatic heterocycles. The van der Waals surface area contributed by atoms with Gasteiger partial charge < -0.3 is 9.64 Å². The molecular weight excluding hydrogens is 381 g/mol. The minimum atomic E-state index is -4.40. The lowest BCUT2D eigenvalue weighted by Crippen LogP contribution is -2.46. The van der Waals surface area contributed by atoms with E-state index in [1.54, 1.807) is 24.3 Å². The average molecular weight is 404 g/mol. The van der Waals surface area contributed by atoms with Crippen LogP contribution < -0.4 is 0 Å². The Kier molecular flexibility index (Phi) is 5.58. The summed E-state index contributed by atoms with van der Waals surface area (Å²) < 4.78 is 45.6. The third-order valence-corrected chi connectivity index (χ3v) is 5.69. The number of amides is 1. The first-order chi connectivity index (χ1) is 13.9. The van der Waals surface area contributed by atoms with E-state index in [-0.39, 0.29) is 29.9 Å². The van der Waals surface area contributed by atoms with Gasteiger partial charge >= 0.3 is 6.18 Å². The molecule has 1 aromatic carbocycles. The fourth-order valence-corrected chi connectivity index (χ4v) is 3.86. The number of rotatable bonds is 4. The van der Waals surface area contributed by atoms with Gasteiger partial charge in [0.05, 0.1) is 24.4 Å². The van der Waals surface area contributed by atoms with Gasteiger partial charge in [0, 0.05) is 24.6 Å². The molecule has 1 saturated carbocycles. The molecule has 2 fully saturated rings. The normalized spacial score (nSPS) is 20.4. The van der Waals surface area contributed by atoms with Crippen LogP contribution >= 0.6 is 0 Å². The highest BCUT2D eigenvalue weighted by atomic mass is 19.4. The standard InChI is InChI=1S/C22H23F3N2O2/c23-22(24,25)18-9-2-1-5-16(18)13-17-8-4-10-19(26-17)20-14-27(11-12-29-20)21(28)15-6-3-7-15/h1-2,4-5,8-10,15,20H,3,6-7,11-14H2/t20-/m1/s1. The van der Waals surface area contributed by atoms with Gasteiger partial charge in [-0.3, -0.25) is 9.78 Å². The van der Waals surface area contributed by atoms with E-state index in [0.29, 0.717) is 31.1 Å². The molecule has 2 heterocycles. The molecule has 2 aromatic rings. The number of morpholine rings is 1. The van der Waals surface area contributed by atoms with Gasteiger partial charge in [-0.05, 0) is 36.6 Å². The van der Waals surface area contributed by atoms with Crippen molar-refractivity contribution in [2.75, 3.05) is 19.7 Å². The SMILES string of the molecule is O=C(C1CCC1)N1CCO[C@@H](c2cccc(Cc3ccccc3C(F)(F)F)n2)C1. The molecule has 0 N–H and O–H groups in total. The number of carbonyl (C=O) groups is 1. The summed E-state index contributed by atoms with van der Waals surface area (Å²) in [7, 11) is 0. The summed E-state index contributed by atoms with van der Waals surface area (Å²) in [5.41, 5.74) is 0.748. The smallest absolute Gasteiger partial charge is 0.368 e. The molecular formula is C22H23F3N2O2. The lowest BCUT2D eigenvalue weighted by molar-refractivity contribution is -0.146. The highest BCUT2D eigenvalue weighted by Gasteiger charge is 2.34. The van der Waals surface area contributed by atoms with Crippen molar-refractivity contribution in [2.24, 2.45) is 5.92 Å². The van der Waals surface area contributed by atoms with E-state index in [4.69, 9.17) is 4.74 Å². The summed E-state index contributed by atoms with van der Waals surface area (Å²) in [5.74, 6) is 0.312. The zero-order chi connectivity index (χ0) is 20.4. The van der Waals surface area contributed by atoms with Gasteiger partial charge in [-0.2, -0.15) is 13.2 Å². The highest BCUT2D eigenvalue weighted by Crippen LogP contribution is 2.33. The van der Waals surface area contributed by atoms with Crippen LogP contribution in [0.5, 0.6) is 0 Å². The Morgan fingerprint density at radius 2 is 1.93 bits per heavy atom. The number of pyridine rings is 1. The molecule has 7 heteroatoms. The topological polar surface area (TPSA) is 42.4 Å². The van der Waals surface area contributed by atoms with Crippen LogP contribution in [0.25, 0.3) is 0 Å². The Morgan fingerprint density at radius 3 is 2.66 bits per heavy atom. The summed E-state index contributed by atoms with van der Waals surface area (Å²) in [5, 5.41) is 0. The average Bonchev–Trinajstić information content (AvgIpc) is 2.66. The first-order valence-electron chi connectivity index (χ1n) is 9.93. The number of carbonyl (C=O) groups excluding carboxylic acids is 1. The Bertz CT molecular complexity index is 880. The Balaban J connectivity index is 1.50. The summed E-state index contributed by atoms with van der Waals surface area (Å²) in [4.78, 5) is 18.9. The number of nitrogens with zero attached hydrogens (tertiary/aromatic N) is 2. The lowest BCUT2D eigenvalue weighted by Gasteiger charge is -2.37. The van der Waals surface area contributed by atoms with Crippen molar-refractivity contribution in [3.63, 3.8) is 0 Å². The Morgan fingerprint density at radius 1 is 1.14 bits per heavy atom. The van der Waals surface area contributed by atoms with Gasteiger partial charge in [-0.25, -0.2) is 0 Å². The van der Waals surface area contributed by atoms with Gasteiger partial charge in [-0.1, -0.05) is 30.7 Å². The van der Waals surface area contributed by atoms with E-state index in [1.165, 1.54) is 12.1 Å². The second-order valence-corrected chi connectivity index (χ2v) is 7.66. The van der Waals surface area contributed by atoms with Gasteiger partial charge in [0.25, 0.3) is 0 Å². The minimum absolute atomic E-state index is 0.0843. The van der Waals surface area contributed by atoms with E-state index in [2.05, 4.69) is 4.98 Å². The van der Waals surface area contributed by atoms with E-state index in [9.17, 15) is 18.0 Å². The quantitative estimate of drug-likeness (QED) is 0.759. The van der Waals surface area contributed by atoms with E-state index in [0.717, 1.165) is 25.3 Å². The van der Waals surface area contributed by atoms with Crippen molar-refractivity contribution in [1.29, 1.82) is 0 Å². The van der Waals surface area contributed by atoms with Crippen LogP contribution in [0.1, 0.15) is 47.9 Å². The highest BCUT2D eigenvalue weighted by molar-refractivity contribution is 5.79. The molecule has 1 aromatic heterocycles. The molecule has 1 atom stereocenters. The van der Waals surface area contributed by atoms with E-state index >= 15 is 0 Å². The summed E-state index contributed by atoms with van der Waals surface area (Å²) in [6.45, 7) is 1.45. The molecule has 4 nitrogen and oxygen atoms in total. The zero-order valence-corrected chi connectivity index (χ0v) is 16.0. The molecule has 1 aliphatic carbocycles. The third kappa shape index (κ3) is 4.45. The summed E-state index contributed by atoms with van der Waals surface area (Å²) >= 11 is 0. The van der Waals surface area contributed by atoms with Crippen LogP contribution in [-0.4, -0.2) is 35.5 Å². The molecule has 2 aliphatic rings. The van der Waals surface area contributed by atoms with Crippen LogP contribution in [0.3, 0.4) is 0 Å². The monoisotopic (exact) mass is 404 g/mol. The lowest BCUT2D eigenvalue weighted by atomic mass is 9.84. The molecule has 0 bridgehead atoms. The fourth-order valence-electron chi connectivity index (χ4n) is 3.86.